The lowest BCUT2D eigenvalue weighted by Crippen LogP contribution is -2.63. The van der Waals surface area contributed by atoms with E-state index in [0.717, 1.165) is 43.0 Å². The minimum atomic E-state index is -0.358. The lowest BCUT2D eigenvalue weighted by Gasteiger charge is -2.55. The van der Waals surface area contributed by atoms with Gasteiger partial charge in [0.1, 0.15) is 11.4 Å². The Morgan fingerprint density at radius 1 is 1.21 bits per heavy atom. The number of anilines is 1. The SMILES string of the molecule is O=[N+]([O-])c1ccc2c(c1)[C@@H]1N(C[C@]13CCCO3)c1ccccc1O2. The second kappa shape index (κ2) is 4.70. The van der Waals surface area contributed by atoms with Gasteiger partial charge in [-0.3, -0.25) is 10.1 Å². The molecule has 0 unspecified atom stereocenters. The van der Waals surface area contributed by atoms with E-state index in [-0.39, 0.29) is 22.3 Å². The van der Waals surface area contributed by atoms with Crippen molar-refractivity contribution >= 4 is 11.4 Å². The van der Waals surface area contributed by atoms with Crippen molar-refractivity contribution in [1.29, 1.82) is 0 Å². The maximum Gasteiger partial charge on any atom is 0.270 e. The largest absolute Gasteiger partial charge is 0.455 e. The second-order valence-corrected chi connectivity index (χ2v) is 6.60. The summed E-state index contributed by atoms with van der Waals surface area (Å²) in [6.45, 7) is 1.54. The Kier molecular flexibility index (Phi) is 2.71. The summed E-state index contributed by atoms with van der Waals surface area (Å²) in [6, 6.07) is 12.7. The van der Waals surface area contributed by atoms with Crippen LogP contribution >= 0.6 is 0 Å². The van der Waals surface area contributed by atoms with Crippen LogP contribution in [-0.2, 0) is 4.74 Å². The molecular weight excluding hydrogens is 308 g/mol. The maximum absolute atomic E-state index is 11.2. The van der Waals surface area contributed by atoms with Crippen molar-refractivity contribution in [3.05, 3.63) is 58.1 Å². The van der Waals surface area contributed by atoms with E-state index in [0.29, 0.717) is 5.75 Å². The Bertz CT molecular complexity index is 845. The number of hydrogen-bond acceptors (Lipinski definition) is 5. The van der Waals surface area contributed by atoms with Crippen molar-refractivity contribution in [2.75, 3.05) is 18.1 Å². The van der Waals surface area contributed by atoms with Crippen LogP contribution < -0.4 is 9.64 Å². The Hall–Kier alpha value is -2.60. The van der Waals surface area contributed by atoms with Crippen molar-refractivity contribution < 1.29 is 14.4 Å². The Balaban J connectivity index is 1.71. The predicted molar refractivity (Wildman–Crippen MR) is 87.6 cm³/mol. The second-order valence-electron chi connectivity index (χ2n) is 6.60. The summed E-state index contributed by atoms with van der Waals surface area (Å²) in [6.07, 6.45) is 2.00. The molecule has 0 amide bonds. The zero-order chi connectivity index (χ0) is 16.3. The van der Waals surface area contributed by atoms with Gasteiger partial charge in [0.25, 0.3) is 5.69 Å². The van der Waals surface area contributed by atoms with Crippen LogP contribution in [-0.4, -0.2) is 23.7 Å². The first kappa shape index (κ1) is 13.8. The summed E-state index contributed by atoms with van der Waals surface area (Å²) in [5.74, 6) is 1.46. The number of nitrogens with zero attached hydrogens (tertiary/aromatic N) is 2. The number of nitro benzene ring substituents is 1. The van der Waals surface area contributed by atoms with E-state index >= 15 is 0 Å². The van der Waals surface area contributed by atoms with E-state index < -0.39 is 0 Å². The number of ether oxygens (including phenoxy) is 2. The summed E-state index contributed by atoms with van der Waals surface area (Å²) < 4.78 is 12.2. The van der Waals surface area contributed by atoms with Crippen LogP contribution in [0.3, 0.4) is 0 Å². The van der Waals surface area contributed by atoms with E-state index in [1.165, 1.54) is 6.07 Å². The molecule has 5 rings (SSSR count). The molecule has 1 spiro atoms. The van der Waals surface area contributed by atoms with Gasteiger partial charge in [-0.2, -0.15) is 0 Å². The molecule has 2 aromatic rings. The van der Waals surface area contributed by atoms with Crippen molar-refractivity contribution in [3.63, 3.8) is 0 Å². The van der Waals surface area contributed by atoms with E-state index in [4.69, 9.17) is 9.47 Å². The maximum atomic E-state index is 11.2. The predicted octanol–water partition coefficient (Wildman–Crippen LogP) is 3.81. The van der Waals surface area contributed by atoms with Gasteiger partial charge in [0, 0.05) is 24.3 Å². The Morgan fingerprint density at radius 3 is 2.88 bits per heavy atom. The van der Waals surface area contributed by atoms with Gasteiger partial charge in [0.15, 0.2) is 5.75 Å². The first-order chi connectivity index (χ1) is 11.7. The molecule has 122 valence electrons. The highest BCUT2D eigenvalue weighted by Crippen LogP contribution is 2.58. The van der Waals surface area contributed by atoms with Gasteiger partial charge in [-0.25, -0.2) is 0 Å². The summed E-state index contributed by atoms with van der Waals surface area (Å²) in [5, 5.41) is 11.2. The summed E-state index contributed by atoms with van der Waals surface area (Å²) in [4.78, 5) is 13.1. The highest BCUT2D eigenvalue weighted by atomic mass is 16.6. The van der Waals surface area contributed by atoms with E-state index in [2.05, 4.69) is 4.90 Å². The average molecular weight is 324 g/mol. The van der Waals surface area contributed by atoms with Gasteiger partial charge in [-0.15, -0.1) is 0 Å². The van der Waals surface area contributed by atoms with Crippen molar-refractivity contribution in [2.24, 2.45) is 0 Å². The fraction of sp³-hybridized carbons (Fsp3) is 0.333. The van der Waals surface area contributed by atoms with Crippen LogP contribution in [0.4, 0.5) is 11.4 Å². The lowest BCUT2D eigenvalue weighted by molar-refractivity contribution is -0.385. The minimum Gasteiger partial charge on any atom is -0.455 e. The number of benzene rings is 2. The third-order valence-corrected chi connectivity index (χ3v) is 5.28. The van der Waals surface area contributed by atoms with E-state index in [1.807, 2.05) is 24.3 Å². The third-order valence-electron chi connectivity index (χ3n) is 5.28. The number of nitro groups is 1. The zero-order valence-electron chi connectivity index (χ0n) is 13.0. The third kappa shape index (κ3) is 1.74. The van der Waals surface area contributed by atoms with Gasteiger partial charge in [-0.05, 0) is 31.0 Å². The van der Waals surface area contributed by atoms with E-state index in [9.17, 15) is 10.1 Å². The Morgan fingerprint density at radius 2 is 2.08 bits per heavy atom. The van der Waals surface area contributed by atoms with Crippen molar-refractivity contribution in [3.8, 4) is 11.5 Å². The highest BCUT2D eigenvalue weighted by molar-refractivity contribution is 5.68. The smallest absolute Gasteiger partial charge is 0.270 e. The molecule has 2 saturated heterocycles. The number of fused-ring (bicyclic) bond motifs is 6. The molecule has 0 aliphatic carbocycles. The van der Waals surface area contributed by atoms with E-state index in [1.54, 1.807) is 12.1 Å². The quantitative estimate of drug-likeness (QED) is 0.589. The monoisotopic (exact) mass is 324 g/mol. The molecule has 0 radical (unpaired) electrons. The number of non-ortho nitro benzene ring substituents is 1. The molecule has 3 aliphatic rings. The molecule has 24 heavy (non-hydrogen) atoms. The average Bonchev–Trinajstić information content (AvgIpc) is 3.02. The highest BCUT2D eigenvalue weighted by Gasteiger charge is 2.58. The van der Waals surface area contributed by atoms with Gasteiger partial charge in [0.05, 0.1) is 23.2 Å². The molecular formula is C18H16N2O4. The zero-order valence-corrected chi connectivity index (χ0v) is 13.0. The van der Waals surface area contributed by atoms with Gasteiger partial charge in [-0.1, -0.05) is 12.1 Å². The molecule has 2 fully saturated rings. The van der Waals surface area contributed by atoms with Gasteiger partial charge >= 0.3 is 0 Å². The van der Waals surface area contributed by atoms with Crippen molar-refractivity contribution in [2.45, 2.75) is 24.5 Å². The Labute approximate surface area is 138 Å². The summed E-state index contributed by atoms with van der Waals surface area (Å²) in [7, 11) is 0. The fourth-order valence-electron chi connectivity index (χ4n) is 4.23. The normalized spacial score (nSPS) is 26.7. The van der Waals surface area contributed by atoms with Gasteiger partial charge in [0.2, 0.25) is 0 Å². The first-order valence-corrected chi connectivity index (χ1v) is 8.14. The fourth-order valence-corrected chi connectivity index (χ4v) is 4.23. The number of para-hydroxylation sites is 2. The summed E-state index contributed by atoms with van der Waals surface area (Å²) >= 11 is 0. The van der Waals surface area contributed by atoms with Crippen LogP contribution in [0, 0.1) is 10.1 Å². The summed E-state index contributed by atoms with van der Waals surface area (Å²) in [5.41, 5.74) is 1.68. The van der Waals surface area contributed by atoms with Gasteiger partial charge < -0.3 is 14.4 Å². The topological polar surface area (TPSA) is 64.8 Å². The van der Waals surface area contributed by atoms with Crippen LogP contribution in [0.2, 0.25) is 0 Å². The molecule has 0 bridgehead atoms. The number of rotatable bonds is 1. The molecule has 2 aromatic carbocycles. The molecule has 3 aliphatic heterocycles. The molecule has 0 N–H and O–H groups in total. The van der Waals surface area contributed by atoms with Crippen LogP contribution in [0.15, 0.2) is 42.5 Å². The molecule has 0 aromatic heterocycles. The molecule has 6 nitrogen and oxygen atoms in total. The molecule has 6 heteroatoms. The lowest BCUT2D eigenvalue weighted by atomic mass is 9.76. The van der Waals surface area contributed by atoms with Crippen LogP contribution in [0.5, 0.6) is 11.5 Å². The van der Waals surface area contributed by atoms with Crippen LogP contribution in [0.25, 0.3) is 0 Å². The van der Waals surface area contributed by atoms with Crippen molar-refractivity contribution in [1.82, 2.24) is 0 Å². The molecule has 2 atom stereocenters. The van der Waals surface area contributed by atoms with Crippen LogP contribution in [0.1, 0.15) is 24.4 Å². The minimum absolute atomic E-state index is 0.0430. The standard InChI is InChI=1S/C18H16N2O4/c21-20(22)12-6-7-15-13(10-12)17-18(8-3-9-23-18)11-19(17)14-4-1-2-5-16(14)24-15/h1-2,4-7,10,17H,3,8-9,11H2/t17-,18+/m0/s1. The molecule has 3 heterocycles. The number of hydrogen-bond donors (Lipinski definition) is 0. The first-order valence-electron chi connectivity index (χ1n) is 8.14. The molecule has 0 saturated carbocycles.